The Hall–Kier alpha value is -2.56. The molecule has 5 heteroatoms. The number of aryl methyl sites for hydroxylation is 2. The van der Waals surface area contributed by atoms with Crippen LogP contribution in [0.15, 0.2) is 36.4 Å². The van der Waals surface area contributed by atoms with Crippen molar-refractivity contribution in [1.82, 2.24) is 9.47 Å². The molecule has 2 heterocycles. The molecule has 1 aromatic heterocycles. The first-order valence-corrected chi connectivity index (χ1v) is 9.16. The number of esters is 1. The molecule has 0 N–H and O–H groups in total. The van der Waals surface area contributed by atoms with E-state index in [0.29, 0.717) is 11.5 Å². The van der Waals surface area contributed by atoms with Crippen LogP contribution >= 0.6 is 0 Å². The molecule has 0 spiro atoms. The van der Waals surface area contributed by atoms with E-state index in [0.717, 1.165) is 43.0 Å². The summed E-state index contributed by atoms with van der Waals surface area (Å²) in [6.07, 6.45) is 2.16. The van der Waals surface area contributed by atoms with Crippen molar-refractivity contribution in [3.05, 3.63) is 53.3 Å². The molecule has 1 atom stereocenters. The zero-order valence-electron chi connectivity index (χ0n) is 15.7. The third kappa shape index (κ3) is 3.98. The lowest BCUT2D eigenvalue weighted by molar-refractivity contribution is -0.136. The van der Waals surface area contributed by atoms with Crippen molar-refractivity contribution in [3.63, 3.8) is 0 Å². The van der Waals surface area contributed by atoms with Gasteiger partial charge in [0.05, 0.1) is 5.56 Å². The van der Waals surface area contributed by atoms with Crippen molar-refractivity contribution in [2.24, 2.45) is 5.92 Å². The van der Waals surface area contributed by atoms with Gasteiger partial charge in [0, 0.05) is 30.2 Å². The molecule has 138 valence electrons. The SMILES string of the molecule is Cc1ccc(C)n1-c1ccc(C(=O)OCC(=O)N2CCC[C@@H](C)C2)cc1. The summed E-state index contributed by atoms with van der Waals surface area (Å²) in [5.41, 5.74) is 3.73. The van der Waals surface area contributed by atoms with Gasteiger partial charge in [-0.05, 0) is 69.0 Å². The Morgan fingerprint density at radius 2 is 1.73 bits per heavy atom. The lowest BCUT2D eigenvalue weighted by Gasteiger charge is -2.30. The van der Waals surface area contributed by atoms with Crippen molar-refractivity contribution in [1.29, 1.82) is 0 Å². The fourth-order valence-corrected chi connectivity index (χ4v) is 3.54. The van der Waals surface area contributed by atoms with E-state index in [-0.39, 0.29) is 12.5 Å². The summed E-state index contributed by atoms with van der Waals surface area (Å²) in [5.74, 6) is -0.0624. The number of carbonyl (C=O) groups is 2. The average Bonchev–Trinajstić information content (AvgIpc) is 2.98. The van der Waals surface area contributed by atoms with Gasteiger partial charge in [-0.3, -0.25) is 4.79 Å². The summed E-state index contributed by atoms with van der Waals surface area (Å²) in [5, 5.41) is 0. The largest absolute Gasteiger partial charge is 0.452 e. The molecule has 0 bridgehead atoms. The normalized spacial score (nSPS) is 17.2. The zero-order valence-corrected chi connectivity index (χ0v) is 15.7. The fourth-order valence-electron chi connectivity index (χ4n) is 3.54. The number of hydrogen-bond acceptors (Lipinski definition) is 3. The number of rotatable bonds is 4. The quantitative estimate of drug-likeness (QED) is 0.790. The standard InChI is InChI=1S/C21H26N2O3/c1-15-5-4-12-22(13-15)20(24)14-26-21(25)18-8-10-19(11-9-18)23-16(2)6-7-17(23)3/h6-11,15H,4-5,12-14H2,1-3H3/t15-/m1/s1. The van der Waals surface area contributed by atoms with Gasteiger partial charge in [-0.25, -0.2) is 4.79 Å². The topological polar surface area (TPSA) is 51.5 Å². The Labute approximate surface area is 154 Å². The molecule has 1 saturated heterocycles. The van der Waals surface area contributed by atoms with E-state index in [9.17, 15) is 9.59 Å². The second-order valence-electron chi connectivity index (χ2n) is 7.16. The molecule has 1 aliphatic heterocycles. The minimum Gasteiger partial charge on any atom is -0.452 e. The van der Waals surface area contributed by atoms with E-state index in [4.69, 9.17) is 4.74 Å². The summed E-state index contributed by atoms with van der Waals surface area (Å²) in [4.78, 5) is 26.2. The van der Waals surface area contributed by atoms with Gasteiger partial charge >= 0.3 is 5.97 Å². The van der Waals surface area contributed by atoms with Crippen LogP contribution in [0.1, 0.15) is 41.5 Å². The minimum absolute atomic E-state index is 0.111. The van der Waals surface area contributed by atoms with Crippen molar-refractivity contribution < 1.29 is 14.3 Å². The molecule has 5 nitrogen and oxygen atoms in total. The predicted octanol–water partition coefficient (Wildman–Crippen LogP) is 3.51. The van der Waals surface area contributed by atoms with Gasteiger partial charge in [-0.15, -0.1) is 0 Å². The van der Waals surface area contributed by atoms with Crippen LogP contribution in [0.2, 0.25) is 0 Å². The number of hydrogen-bond donors (Lipinski definition) is 0. The van der Waals surface area contributed by atoms with Gasteiger partial charge in [-0.2, -0.15) is 0 Å². The molecule has 26 heavy (non-hydrogen) atoms. The molecule has 1 fully saturated rings. The van der Waals surface area contributed by atoms with Crippen LogP contribution < -0.4 is 0 Å². The smallest absolute Gasteiger partial charge is 0.338 e. The molecule has 2 aromatic rings. The van der Waals surface area contributed by atoms with Crippen LogP contribution in [-0.2, 0) is 9.53 Å². The van der Waals surface area contributed by atoms with E-state index in [1.165, 1.54) is 0 Å². The van der Waals surface area contributed by atoms with Gasteiger partial charge in [-0.1, -0.05) is 6.92 Å². The van der Waals surface area contributed by atoms with Crippen molar-refractivity contribution in [3.8, 4) is 5.69 Å². The maximum atomic E-state index is 12.2. The number of ether oxygens (including phenoxy) is 1. The minimum atomic E-state index is -0.462. The molecule has 1 aliphatic rings. The molecule has 3 rings (SSSR count). The maximum absolute atomic E-state index is 12.2. The Kier molecular flexibility index (Phi) is 5.45. The van der Waals surface area contributed by atoms with Crippen LogP contribution in [0.5, 0.6) is 0 Å². The highest BCUT2D eigenvalue weighted by Gasteiger charge is 2.22. The van der Waals surface area contributed by atoms with E-state index in [1.807, 2.05) is 26.0 Å². The van der Waals surface area contributed by atoms with E-state index >= 15 is 0 Å². The monoisotopic (exact) mass is 354 g/mol. The summed E-state index contributed by atoms with van der Waals surface area (Å²) >= 11 is 0. The highest BCUT2D eigenvalue weighted by atomic mass is 16.5. The van der Waals surface area contributed by atoms with Crippen molar-refractivity contribution >= 4 is 11.9 Å². The van der Waals surface area contributed by atoms with E-state index in [1.54, 1.807) is 17.0 Å². The average molecular weight is 354 g/mol. The van der Waals surface area contributed by atoms with Crippen LogP contribution in [0, 0.1) is 19.8 Å². The number of aromatic nitrogens is 1. The van der Waals surface area contributed by atoms with Crippen LogP contribution in [0.4, 0.5) is 0 Å². The molecule has 0 aliphatic carbocycles. The molecule has 0 unspecified atom stereocenters. The fraction of sp³-hybridized carbons (Fsp3) is 0.429. The first-order chi connectivity index (χ1) is 12.5. The van der Waals surface area contributed by atoms with Gasteiger partial charge in [0.2, 0.25) is 0 Å². The van der Waals surface area contributed by atoms with Gasteiger partial charge in [0.25, 0.3) is 5.91 Å². The van der Waals surface area contributed by atoms with Crippen LogP contribution in [0.3, 0.4) is 0 Å². The highest BCUT2D eigenvalue weighted by molar-refractivity contribution is 5.91. The van der Waals surface area contributed by atoms with E-state index < -0.39 is 5.97 Å². The maximum Gasteiger partial charge on any atom is 0.338 e. The molecule has 1 aromatic carbocycles. The molecule has 1 amide bonds. The molecule has 0 radical (unpaired) electrons. The first-order valence-electron chi connectivity index (χ1n) is 9.16. The first kappa shape index (κ1) is 18.2. The number of carbonyl (C=O) groups excluding carboxylic acids is 2. The number of nitrogens with zero attached hydrogens (tertiary/aromatic N) is 2. The van der Waals surface area contributed by atoms with Gasteiger partial charge in [0.1, 0.15) is 0 Å². The summed E-state index contributed by atoms with van der Waals surface area (Å²) in [6, 6.07) is 11.4. The molecule has 0 saturated carbocycles. The lowest BCUT2D eigenvalue weighted by Crippen LogP contribution is -2.41. The Bertz CT molecular complexity index is 773. The third-order valence-electron chi connectivity index (χ3n) is 4.97. The highest BCUT2D eigenvalue weighted by Crippen LogP contribution is 2.18. The summed E-state index contributed by atoms with van der Waals surface area (Å²) < 4.78 is 7.34. The van der Waals surface area contributed by atoms with E-state index in [2.05, 4.69) is 23.6 Å². The van der Waals surface area contributed by atoms with Gasteiger partial charge in [0.15, 0.2) is 6.61 Å². The second-order valence-corrected chi connectivity index (χ2v) is 7.16. The Morgan fingerprint density at radius 3 is 2.35 bits per heavy atom. The van der Waals surface area contributed by atoms with Crippen molar-refractivity contribution in [2.45, 2.75) is 33.6 Å². The van der Waals surface area contributed by atoms with Crippen molar-refractivity contribution in [2.75, 3.05) is 19.7 Å². The van der Waals surface area contributed by atoms with Crippen LogP contribution in [0.25, 0.3) is 5.69 Å². The van der Waals surface area contributed by atoms with Crippen LogP contribution in [-0.4, -0.2) is 41.0 Å². The number of amides is 1. The number of likely N-dealkylation sites (tertiary alicyclic amines) is 1. The Morgan fingerprint density at radius 1 is 1.08 bits per heavy atom. The summed E-state index contributed by atoms with van der Waals surface area (Å²) in [7, 11) is 0. The second kappa shape index (κ2) is 7.77. The Balaban J connectivity index is 1.59. The zero-order chi connectivity index (χ0) is 18.7. The molecular formula is C21H26N2O3. The molecular weight excluding hydrogens is 328 g/mol. The van der Waals surface area contributed by atoms with Gasteiger partial charge < -0.3 is 14.2 Å². The summed E-state index contributed by atoms with van der Waals surface area (Å²) in [6.45, 7) is 7.54. The number of benzene rings is 1. The lowest BCUT2D eigenvalue weighted by atomic mass is 10.0. The predicted molar refractivity (Wildman–Crippen MR) is 101 cm³/mol. The third-order valence-corrected chi connectivity index (χ3v) is 4.97. The number of piperidine rings is 1.